The molecule has 3 fully saturated rings. The standard InChI is InChI=1S/C19H28N2/c1-14(15-7-8-15)12-21-13-18(16-9-10-16)20-11-19(21)17-5-3-2-4-6-17/h2-6,14-16,18-20H,7-13H2,1H3. The van der Waals surface area contributed by atoms with Gasteiger partial charge in [-0.2, -0.15) is 0 Å². The molecule has 0 radical (unpaired) electrons. The van der Waals surface area contributed by atoms with Crippen molar-refractivity contribution >= 4 is 0 Å². The van der Waals surface area contributed by atoms with E-state index in [1.54, 1.807) is 0 Å². The van der Waals surface area contributed by atoms with Gasteiger partial charge in [0.1, 0.15) is 0 Å². The van der Waals surface area contributed by atoms with Crippen LogP contribution in [0.3, 0.4) is 0 Å². The zero-order chi connectivity index (χ0) is 14.2. The molecular formula is C19H28N2. The Balaban J connectivity index is 1.49. The van der Waals surface area contributed by atoms with Crippen LogP contribution in [0.1, 0.15) is 44.2 Å². The van der Waals surface area contributed by atoms with Crippen molar-refractivity contribution in [3.63, 3.8) is 0 Å². The van der Waals surface area contributed by atoms with Crippen molar-refractivity contribution in [1.29, 1.82) is 0 Å². The van der Waals surface area contributed by atoms with Crippen LogP contribution in [0.2, 0.25) is 0 Å². The van der Waals surface area contributed by atoms with E-state index in [0.717, 1.165) is 30.3 Å². The number of hydrogen-bond donors (Lipinski definition) is 1. The Morgan fingerprint density at radius 2 is 1.90 bits per heavy atom. The van der Waals surface area contributed by atoms with Crippen LogP contribution in [0.5, 0.6) is 0 Å². The van der Waals surface area contributed by atoms with Crippen LogP contribution in [-0.2, 0) is 0 Å². The summed E-state index contributed by atoms with van der Waals surface area (Å²) < 4.78 is 0. The number of benzene rings is 1. The van der Waals surface area contributed by atoms with Crippen LogP contribution < -0.4 is 5.32 Å². The molecule has 1 saturated heterocycles. The highest BCUT2D eigenvalue weighted by Gasteiger charge is 2.39. The third kappa shape index (κ3) is 3.17. The number of rotatable bonds is 5. The van der Waals surface area contributed by atoms with Gasteiger partial charge in [0.15, 0.2) is 0 Å². The van der Waals surface area contributed by atoms with Crippen LogP contribution in [0, 0.1) is 17.8 Å². The highest BCUT2D eigenvalue weighted by atomic mass is 15.2. The maximum Gasteiger partial charge on any atom is 0.0473 e. The summed E-state index contributed by atoms with van der Waals surface area (Å²) in [6, 6.07) is 12.4. The Hall–Kier alpha value is -0.860. The molecule has 1 aromatic rings. The van der Waals surface area contributed by atoms with Gasteiger partial charge in [-0.3, -0.25) is 4.90 Å². The quantitative estimate of drug-likeness (QED) is 0.891. The first-order valence-electron chi connectivity index (χ1n) is 8.83. The lowest BCUT2D eigenvalue weighted by Gasteiger charge is -2.42. The van der Waals surface area contributed by atoms with E-state index in [0.29, 0.717) is 6.04 Å². The number of nitrogens with one attached hydrogen (secondary N) is 1. The van der Waals surface area contributed by atoms with E-state index < -0.39 is 0 Å². The fourth-order valence-corrected chi connectivity index (χ4v) is 4.04. The fraction of sp³-hybridized carbons (Fsp3) is 0.684. The summed E-state index contributed by atoms with van der Waals surface area (Å²) in [7, 11) is 0. The molecule has 3 unspecified atom stereocenters. The molecule has 2 aliphatic carbocycles. The minimum atomic E-state index is 0.572. The zero-order valence-corrected chi connectivity index (χ0v) is 13.2. The normalized spacial score (nSPS) is 32.0. The predicted octanol–water partition coefficient (Wildman–Crippen LogP) is 3.46. The van der Waals surface area contributed by atoms with Gasteiger partial charge < -0.3 is 5.32 Å². The Bertz CT molecular complexity index is 462. The van der Waals surface area contributed by atoms with Gasteiger partial charge in [-0.1, -0.05) is 37.3 Å². The highest BCUT2D eigenvalue weighted by molar-refractivity contribution is 5.20. The molecule has 1 aliphatic heterocycles. The van der Waals surface area contributed by atoms with Crippen molar-refractivity contribution in [2.24, 2.45) is 17.8 Å². The lowest BCUT2D eigenvalue weighted by molar-refractivity contribution is 0.101. The van der Waals surface area contributed by atoms with Crippen molar-refractivity contribution in [2.75, 3.05) is 19.6 Å². The summed E-state index contributed by atoms with van der Waals surface area (Å²) in [5, 5.41) is 3.84. The van der Waals surface area contributed by atoms with Gasteiger partial charge in [-0.05, 0) is 49.0 Å². The number of hydrogen-bond acceptors (Lipinski definition) is 2. The average molecular weight is 284 g/mol. The molecule has 2 heteroatoms. The topological polar surface area (TPSA) is 15.3 Å². The Kier molecular flexibility index (Phi) is 3.76. The highest BCUT2D eigenvalue weighted by Crippen LogP contribution is 2.40. The van der Waals surface area contributed by atoms with Gasteiger partial charge in [0, 0.05) is 31.7 Å². The maximum atomic E-state index is 3.84. The van der Waals surface area contributed by atoms with Crippen LogP contribution in [-0.4, -0.2) is 30.6 Å². The Morgan fingerprint density at radius 1 is 1.14 bits per heavy atom. The molecule has 114 valence electrons. The smallest absolute Gasteiger partial charge is 0.0473 e. The van der Waals surface area contributed by atoms with E-state index >= 15 is 0 Å². The summed E-state index contributed by atoms with van der Waals surface area (Å²) in [5.74, 6) is 2.84. The molecule has 1 N–H and O–H groups in total. The predicted molar refractivity (Wildman–Crippen MR) is 87.2 cm³/mol. The largest absolute Gasteiger partial charge is 0.311 e. The van der Waals surface area contributed by atoms with E-state index in [4.69, 9.17) is 0 Å². The molecule has 4 rings (SSSR count). The molecule has 3 atom stereocenters. The van der Waals surface area contributed by atoms with Crippen molar-refractivity contribution in [2.45, 2.75) is 44.7 Å². The summed E-state index contributed by atoms with van der Waals surface area (Å²) in [6.45, 7) is 6.13. The van der Waals surface area contributed by atoms with Crippen LogP contribution in [0.25, 0.3) is 0 Å². The average Bonchev–Trinajstić information content (AvgIpc) is 3.41. The van der Waals surface area contributed by atoms with E-state index in [2.05, 4.69) is 47.5 Å². The zero-order valence-electron chi connectivity index (χ0n) is 13.2. The molecule has 2 saturated carbocycles. The van der Waals surface area contributed by atoms with Crippen LogP contribution in [0.15, 0.2) is 30.3 Å². The second-order valence-corrected chi connectivity index (χ2v) is 7.55. The SMILES string of the molecule is CC(CN1CC(C2CC2)NCC1c1ccccc1)C1CC1. The molecule has 21 heavy (non-hydrogen) atoms. The summed E-state index contributed by atoms with van der Waals surface area (Å²) in [4.78, 5) is 2.79. The molecule has 2 nitrogen and oxygen atoms in total. The molecule has 1 aromatic carbocycles. The second kappa shape index (κ2) is 5.73. The molecule has 0 spiro atoms. The van der Waals surface area contributed by atoms with Crippen molar-refractivity contribution in [1.82, 2.24) is 10.2 Å². The van der Waals surface area contributed by atoms with Crippen LogP contribution in [0.4, 0.5) is 0 Å². The second-order valence-electron chi connectivity index (χ2n) is 7.55. The minimum Gasteiger partial charge on any atom is -0.311 e. The summed E-state index contributed by atoms with van der Waals surface area (Å²) in [6.07, 6.45) is 5.82. The Morgan fingerprint density at radius 3 is 2.57 bits per heavy atom. The monoisotopic (exact) mass is 284 g/mol. The fourth-order valence-electron chi connectivity index (χ4n) is 4.04. The first-order valence-corrected chi connectivity index (χ1v) is 8.83. The summed E-state index contributed by atoms with van der Waals surface area (Å²) in [5.41, 5.74) is 1.49. The molecule has 3 aliphatic rings. The molecular weight excluding hydrogens is 256 g/mol. The maximum absolute atomic E-state index is 3.84. The van der Waals surface area contributed by atoms with Crippen molar-refractivity contribution in [3.8, 4) is 0 Å². The van der Waals surface area contributed by atoms with Crippen LogP contribution >= 0.6 is 0 Å². The third-order valence-electron chi connectivity index (χ3n) is 5.77. The Labute approximate surface area is 128 Å². The number of nitrogens with zero attached hydrogens (tertiary/aromatic N) is 1. The molecule has 0 aromatic heterocycles. The first kappa shape index (κ1) is 13.8. The summed E-state index contributed by atoms with van der Waals surface area (Å²) >= 11 is 0. The van der Waals surface area contributed by atoms with Gasteiger partial charge in [0.25, 0.3) is 0 Å². The number of piperazine rings is 1. The van der Waals surface area contributed by atoms with Gasteiger partial charge in [0.05, 0.1) is 0 Å². The van der Waals surface area contributed by atoms with E-state index in [1.165, 1.54) is 44.3 Å². The van der Waals surface area contributed by atoms with Gasteiger partial charge in [-0.25, -0.2) is 0 Å². The molecule has 0 bridgehead atoms. The molecule has 1 heterocycles. The van der Waals surface area contributed by atoms with Gasteiger partial charge >= 0.3 is 0 Å². The first-order chi connectivity index (χ1) is 10.3. The lowest BCUT2D eigenvalue weighted by atomic mass is 9.96. The van der Waals surface area contributed by atoms with E-state index in [9.17, 15) is 0 Å². The van der Waals surface area contributed by atoms with Crippen molar-refractivity contribution < 1.29 is 0 Å². The van der Waals surface area contributed by atoms with Crippen molar-refractivity contribution in [3.05, 3.63) is 35.9 Å². The third-order valence-corrected chi connectivity index (χ3v) is 5.77. The lowest BCUT2D eigenvalue weighted by Crippen LogP contribution is -2.54. The molecule has 0 amide bonds. The van der Waals surface area contributed by atoms with Gasteiger partial charge in [0.2, 0.25) is 0 Å². The van der Waals surface area contributed by atoms with E-state index in [1.807, 2.05) is 0 Å². The van der Waals surface area contributed by atoms with Gasteiger partial charge in [-0.15, -0.1) is 0 Å². The minimum absolute atomic E-state index is 0.572. The van der Waals surface area contributed by atoms with E-state index in [-0.39, 0.29) is 0 Å².